The zero-order valence-corrected chi connectivity index (χ0v) is 28.6. The van der Waals surface area contributed by atoms with E-state index in [-0.39, 0.29) is 17.7 Å². The summed E-state index contributed by atoms with van der Waals surface area (Å²) in [5, 5.41) is 18.8. The number of terminal acetylenes is 1. The van der Waals surface area contributed by atoms with Gasteiger partial charge in [-0.3, -0.25) is 9.36 Å². The number of carbonyl (C=O) groups is 1. The maximum atomic E-state index is 16.5. The average Bonchev–Trinajstić information content (AvgIpc) is 3.56. The minimum Gasteiger partial charge on any atom is -0.464 e. The molecule has 47 heavy (non-hydrogen) atoms. The molecular formula is C32H38FN6O6PS. The van der Waals surface area contributed by atoms with Crippen molar-refractivity contribution in [3.05, 3.63) is 54.6 Å². The third-order valence-corrected chi connectivity index (χ3v) is 9.90. The van der Waals surface area contributed by atoms with E-state index < -0.39 is 49.4 Å². The number of anilines is 1. The van der Waals surface area contributed by atoms with E-state index in [1.165, 1.54) is 10.9 Å². The number of halogens is 1. The number of carbonyl (C=O) groups excluding carboxylic acids is 1. The molecule has 250 valence electrons. The molecule has 3 heterocycles. The third kappa shape index (κ3) is 7.26. The molecule has 2 aromatic carbocycles. The molecule has 4 aromatic rings. The molecule has 1 fully saturated rings. The van der Waals surface area contributed by atoms with Gasteiger partial charge in [0.15, 0.2) is 23.2 Å². The van der Waals surface area contributed by atoms with Gasteiger partial charge in [0.1, 0.15) is 29.8 Å². The number of imidazole rings is 1. The Balaban J connectivity index is 1.43. The zero-order chi connectivity index (χ0) is 34.1. The lowest BCUT2D eigenvalue weighted by atomic mass is 9.97. The van der Waals surface area contributed by atoms with E-state index in [4.69, 9.17) is 36.8 Å². The van der Waals surface area contributed by atoms with E-state index in [2.05, 4.69) is 31.3 Å². The summed E-state index contributed by atoms with van der Waals surface area (Å²) in [4.78, 5) is 26.0. The summed E-state index contributed by atoms with van der Waals surface area (Å²) >= 11 is 5.91. The molecular weight excluding hydrogens is 646 g/mol. The largest absolute Gasteiger partial charge is 0.464 e. The monoisotopic (exact) mass is 684 g/mol. The summed E-state index contributed by atoms with van der Waals surface area (Å²) in [5.74, 6) is 2.75. The molecule has 0 amide bonds. The van der Waals surface area contributed by atoms with Gasteiger partial charge in [-0.25, -0.2) is 24.4 Å². The minimum atomic E-state index is -3.62. The van der Waals surface area contributed by atoms with Crippen molar-refractivity contribution in [1.82, 2.24) is 24.6 Å². The fourth-order valence-corrected chi connectivity index (χ4v) is 7.47. The Hall–Kier alpha value is -3.70. The van der Waals surface area contributed by atoms with Crippen LogP contribution in [-0.4, -0.2) is 74.8 Å². The number of esters is 1. The van der Waals surface area contributed by atoms with E-state index in [1.807, 2.05) is 51.1 Å². The zero-order valence-electron chi connectivity index (χ0n) is 26.9. The van der Waals surface area contributed by atoms with Crippen molar-refractivity contribution >= 4 is 52.2 Å². The van der Waals surface area contributed by atoms with Crippen molar-refractivity contribution in [3.8, 4) is 18.1 Å². The highest BCUT2D eigenvalue weighted by Crippen LogP contribution is 2.49. The number of alkyl halides is 1. The van der Waals surface area contributed by atoms with Crippen molar-refractivity contribution in [2.24, 2.45) is 5.41 Å². The van der Waals surface area contributed by atoms with Gasteiger partial charge in [-0.15, -0.1) is 6.42 Å². The molecule has 1 unspecified atom stereocenters. The van der Waals surface area contributed by atoms with Crippen LogP contribution in [0, 0.1) is 24.7 Å². The van der Waals surface area contributed by atoms with E-state index in [0.29, 0.717) is 22.9 Å². The van der Waals surface area contributed by atoms with Gasteiger partial charge in [0.25, 0.3) is 0 Å². The first-order valence-corrected chi connectivity index (χ1v) is 17.6. The van der Waals surface area contributed by atoms with E-state index in [1.54, 1.807) is 33.0 Å². The fraction of sp³-hybridized carbons (Fsp3) is 0.438. The maximum Gasteiger partial charge on any atom is 0.323 e. The molecule has 0 saturated carbocycles. The highest BCUT2D eigenvalue weighted by atomic mass is 32.5. The standard InChI is InChI=1S/C32H38FN6O6PS/c1-8-32(33)26(40)24(44-30(32)39-18-35-25-27(34-7)36-20(3)37-28(25)39)16-43-46(47,38-19(2)29(41)42-17-31(4,5)6)45-23-15-11-13-21-12-9-10-14-22(21)23/h1,9-15,18-19,24,26,30,40H,16-17H2,2-7H3,(H,38,47)(H,34,36,37)/t19-,24+,26+,30+,32+,46?/m0/s1. The van der Waals surface area contributed by atoms with E-state index in [9.17, 15) is 9.90 Å². The predicted molar refractivity (Wildman–Crippen MR) is 180 cm³/mol. The second kappa shape index (κ2) is 13.4. The average molecular weight is 685 g/mol. The number of rotatable bonds is 11. The summed E-state index contributed by atoms with van der Waals surface area (Å²) in [6.45, 7) is 5.21. The van der Waals surface area contributed by atoms with Gasteiger partial charge in [-0.2, -0.15) is 0 Å². The van der Waals surface area contributed by atoms with Crippen molar-refractivity contribution in [1.29, 1.82) is 0 Å². The summed E-state index contributed by atoms with van der Waals surface area (Å²) in [5.41, 5.74) is -2.33. The molecule has 5 rings (SSSR count). The van der Waals surface area contributed by atoms with Crippen LogP contribution in [0.2, 0.25) is 0 Å². The maximum absolute atomic E-state index is 16.5. The van der Waals surface area contributed by atoms with Crippen LogP contribution < -0.4 is 14.9 Å². The molecule has 3 N–H and O–H groups in total. The lowest BCUT2D eigenvalue weighted by molar-refractivity contribution is -0.148. The smallest absolute Gasteiger partial charge is 0.323 e. The summed E-state index contributed by atoms with van der Waals surface area (Å²) < 4.78 is 41.8. The number of aliphatic hydroxyl groups is 1. The number of ether oxygens (including phenoxy) is 2. The Labute approximate surface area is 277 Å². The quantitative estimate of drug-likeness (QED) is 0.113. The molecule has 0 spiro atoms. The third-order valence-electron chi connectivity index (χ3n) is 7.42. The lowest BCUT2D eigenvalue weighted by Gasteiger charge is -2.28. The Morgan fingerprint density at radius 3 is 2.70 bits per heavy atom. The second-order valence-electron chi connectivity index (χ2n) is 12.5. The topological polar surface area (TPSA) is 142 Å². The summed E-state index contributed by atoms with van der Waals surface area (Å²) in [6.07, 6.45) is 2.33. The normalized spacial score (nSPS) is 23.3. The van der Waals surface area contributed by atoms with Crippen LogP contribution in [0.15, 0.2) is 48.8 Å². The van der Waals surface area contributed by atoms with E-state index >= 15 is 4.39 Å². The SMILES string of the molecule is C#C[C@@]1(F)[C@H](O)[C@@H](COP(=S)(N[C@@H](C)C(=O)OCC(C)(C)C)Oc2cccc3ccccc23)O[C@H]1n1cnc2c(NC)nc(C)nc21. The first-order chi connectivity index (χ1) is 22.2. The van der Waals surface area contributed by atoms with E-state index in [0.717, 1.165) is 10.8 Å². The van der Waals surface area contributed by atoms with Gasteiger partial charge in [0, 0.05) is 12.4 Å². The molecule has 6 atom stereocenters. The highest BCUT2D eigenvalue weighted by molar-refractivity contribution is 8.09. The summed E-state index contributed by atoms with van der Waals surface area (Å²) in [6, 6.07) is 12.0. The molecule has 2 aromatic heterocycles. The molecule has 0 radical (unpaired) electrons. The van der Waals surface area contributed by atoms with Crippen LogP contribution in [-0.2, 0) is 30.6 Å². The molecule has 15 heteroatoms. The van der Waals surface area contributed by atoms with Gasteiger partial charge < -0.3 is 28.9 Å². The van der Waals surface area contributed by atoms with Gasteiger partial charge in [-0.05, 0) is 42.5 Å². The Kier molecular flexibility index (Phi) is 9.89. The lowest BCUT2D eigenvalue weighted by Crippen LogP contribution is -2.42. The number of aromatic nitrogens is 4. The Morgan fingerprint density at radius 1 is 1.28 bits per heavy atom. The van der Waals surface area contributed by atoms with Crippen molar-refractivity contribution < 1.29 is 32.8 Å². The van der Waals surface area contributed by atoms with Crippen LogP contribution in [0.25, 0.3) is 21.9 Å². The van der Waals surface area contributed by atoms with Gasteiger partial charge >= 0.3 is 12.6 Å². The van der Waals surface area contributed by atoms with Crippen molar-refractivity contribution in [2.75, 3.05) is 25.6 Å². The number of aliphatic hydroxyl groups excluding tert-OH is 1. The first-order valence-electron chi connectivity index (χ1n) is 14.9. The number of fused-ring (bicyclic) bond motifs is 2. The molecule has 1 aliphatic heterocycles. The molecule has 1 aliphatic rings. The number of hydrogen-bond acceptors (Lipinski definition) is 11. The number of aryl methyl sites for hydroxylation is 1. The van der Waals surface area contributed by atoms with Crippen LogP contribution in [0.1, 0.15) is 39.7 Å². The van der Waals surface area contributed by atoms with Crippen LogP contribution in [0.3, 0.4) is 0 Å². The Bertz CT molecular complexity index is 1870. The molecule has 1 saturated heterocycles. The number of hydrogen-bond donors (Lipinski definition) is 3. The first kappa shape index (κ1) is 34.6. The predicted octanol–water partition coefficient (Wildman–Crippen LogP) is 4.82. The number of benzene rings is 2. The summed E-state index contributed by atoms with van der Waals surface area (Å²) in [7, 11) is 1.67. The Morgan fingerprint density at radius 2 is 2.00 bits per heavy atom. The van der Waals surface area contributed by atoms with Crippen molar-refractivity contribution in [2.45, 2.75) is 64.8 Å². The molecule has 0 bridgehead atoms. The minimum absolute atomic E-state index is 0.184. The van der Waals surface area contributed by atoms with Crippen LogP contribution >= 0.6 is 6.64 Å². The van der Waals surface area contributed by atoms with Gasteiger partial charge in [0.2, 0.25) is 5.67 Å². The van der Waals surface area contributed by atoms with Crippen LogP contribution in [0.5, 0.6) is 5.75 Å². The highest BCUT2D eigenvalue weighted by Gasteiger charge is 2.58. The molecule has 12 nitrogen and oxygen atoms in total. The van der Waals surface area contributed by atoms with Gasteiger partial charge in [0.05, 0.1) is 19.5 Å². The second-order valence-corrected chi connectivity index (χ2v) is 15.6. The fourth-order valence-electron chi connectivity index (χ4n) is 5.05. The molecule has 0 aliphatic carbocycles. The van der Waals surface area contributed by atoms with Crippen LogP contribution in [0.4, 0.5) is 10.2 Å². The van der Waals surface area contributed by atoms with Gasteiger partial charge in [-0.1, -0.05) is 63.1 Å². The number of nitrogens with zero attached hydrogens (tertiary/aromatic N) is 4. The van der Waals surface area contributed by atoms with Crippen molar-refractivity contribution in [3.63, 3.8) is 0 Å². The number of nitrogens with one attached hydrogen (secondary N) is 2.